The van der Waals surface area contributed by atoms with Crippen LogP contribution in [0, 0.1) is 5.82 Å². The van der Waals surface area contributed by atoms with Crippen LogP contribution in [-0.4, -0.2) is 39.4 Å². The van der Waals surface area contributed by atoms with Crippen LogP contribution in [-0.2, 0) is 17.6 Å². The second-order valence-electron chi connectivity index (χ2n) is 10.1. The number of carbonyl (C=O) groups excluding carboxylic acids is 1. The van der Waals surface area contributed by atoms with E-state index >= 15 is 0 Å². The lowest BCUT2D eigenvalue weighted by Gasteiger charge is -2.25. The van der Waals surface area contributed by atoms with Gasteiger partial charge in [-0.2, -0.15) is 8.78 Å². The predicted octanol–water partition coefficient (Wildman–Crippen LogP) is 6.33. The third kappa shape index (κ3) is 5.98. The number of aromatic nitrogens is 2. The molecule has 1 aliphatic carbocycles. The Hall–Kier alpha value is -4.27. The number of carbonyl (C=O) groups is 2. The lowest BCUT2D eigenvalue weighted by molar-refractivity contribution is -0.165. The molecule has 1 aromatic heterocycles. The lowest BCUT2D eigenvalue weighted by Crippen LogP contribution is -2.30. The number of hydrogen-bond acceptors (Lipinski definition) is 4. The molecule has 0 saturated carbocycles. The lowest BCUT2D eigenvalue weighted by atomic mass is 9.83. The summed E-state index contributed by atoms with van der Waals surface area (Å²) in [5.74, 6) is -6.49. The van der Waals surface area contributed by atoms with Crippen molar-refractivity contribution in [2.45, 2.75) is 50.4 Å². The molecular weight excluding hydrogens is 519 g/mol. The van der Waals surface area contributed by atoms with E-state index in [2.05, 4.69) is 27.4 Å². The number of carboxylic acids is 1. The highest BCUT2D eigenvalue weighted by Gasteiger charge is 2.37. The number of aryl methyl sites for hydroxylation is 2. The van der Waals surface area contributed by atoms with Gasteiger partial charge in [0.25, 0.3) is 5.91 Å². The van der Waals surface area contributed by atoms with Gasteiger partial charge in [-0.25, -0.2) is 19.2 Å². The quantitative estimate of drug-likeness (QED) is 0.256. The van der Waals surface area contributed by atoms with E-state index in [4.69, 9.17) is 5.11 Å². The van der Waals surface area contributed by atoms with Crippen LogP contribution in [0.5, 0.6) is 0 Å². The molecule has 206 valence electrons. The Kier molecular flexibility index (Phi) is 7.82. The van der Waals surface area contributed by atoms with Crippen molar-refractivity contribution in [2.75, 3.05) is 6.54 Å². The molecule has 1 aliphatic rings. The smallest absolute Gasteiger partial charge is 0.374 e. The van der Waals surface area contributed by atoms with Crippen molar-refractivity contribution < 1.29 is 27.9 Å². The summed E-state index contributed by atoms with van der Waals surface area (Å²) in [6.07, 6.45) is 2.11. The number of amides is 1. The van der Waals surface area contributed by atoms with Gasteiger partial charge in [-0.3, -0.25) is 4.79 Å². The first-order chi connectivity index (χ1) is 19.2. The van der Waals surface area contributed by atoms with Gasteiger partial charge in [0.05, 0.1) is 22.4 Å². The molecule has 9 heteroatoms. The SMILES string of the molecule is O=C(NCC1CCCc2ccccc21)c1ccc2nc(-c3ccc(F)cc3)c(CCCC(F)(F)C(=O)O)nc2c1. The van der Waals surface area contributed by atoms with E-state index < -0.39 is 24.1 Å². The number of halogens is 3. The normalized spacial score (nSPS) is 15.0. The fourth-order valence-corrected chi connectivity index (χ4v) is 5.21. The van der Waals surface area contributed by atoms with Gasteiger partial charge in [-0.05, 0) is 85.7 Å². The zero-order valence-electron chi connectivity index (χ0n) is 21.7. The van der Waals surface area contributed by atoms with Gasteiger partial charge in [0.15, 0.2) is 0 Å². The van der Waals surface area contributed by atoms with Crippen LogP contribution < -0.4 is 5.32 Å². The highest BCUT2D eigenvalue weighted by molar-refractivity contribution is 5.97. The minimum Gasteiger partial charge on any atom is -0.477 e. The maximum absolute atomic E-state index is 13.7. The molecule has 0 bridgehead atoms. The van der Waals surface area contributed by atoms with E-state index in [1.807, 2.05) is 12.1 Å². The Labute approximate surface area is 229 Å². The van der Waals surface area contributed by atoms with Gasteiger partial charge in [0.1, 0.15) is 5.82 Å². The highest BCUT2D eigenvalue weighted by Crippen LogP contribution is 2.31. The Morgan fingerprint density at radius 2 is 1.77 bits per heavy atom. The standard InChI is InChI=1S/C31H28F3N3O3/c32-23-13-10-20(11-14-23)28-26(9-4-16-31(33,34)30(39)40)36-27-17-21(12-15-25(27)37-28)29(38)35-18-22-7-3-6-19-5-1-2-8-24(19)22/h1-2,5,8,10-15,17,22H,3-4,6-7,9,16,18H2,(H,35,38)(H,39,40). The first kappa shape index (κ1) is 27.3. The molecule has 1 atom stereocenters. The number of fused-ring (bicyclic) bond motifs is 2. The van der Waals surface area contributed by atoms with Gasteiger partial charge in [0, 0.05) is 30.0 Å². The Balaban J connectivity index is 1.39. The van der Waals surface area contributed by atoms with Gasteiger partial charge >= 0.3 is 11.9 Å². The van der Waals surface area contributed by atoms with Crippen molar-refractivity contribution in [3.05, 3.63) is 94.9 Å². The number of carboxylic acid groups (broad SMARTS) is 1. The molecule has 0 fully saturated rings. The van der Waals surface area contributed by atoms with Crippen LogP contribution in [0.4, 0.5) is 13.2 Å². The van der Waals surface area contributed by atoms with Crippen molar-refractivity contribution in [3.63, 3.8) is 0 Å². The summed E-state index contributed by atoms with van der Waals surface area (Å²) in [5.41, 5.74) is 5.16. The summed E-state index contributed by atoms with van der Waals surface area (Å²) < 4.78 is 40.9. The molecule has 0 radical (unpaired) electrons. The fourth-order valence-electron chi connectivity index (χ4n) is 5.21. The van der Waals surface area contributed by atoms with Crippen LogP contribution in [0.25, 0.3) is 22.3 Å². The molecule has 2 N–H and O–H groups in total. The number of hydrogen-bond donors (Lipinski definition) is 2. The van der Waals surface area contributed by atoms with Gasteiger partial charge < -0.3 is 10.4 Å². The second-order valence-corrected chi connectivity index (χ2v) is 10.1. The van der Waals surface area contributed by atoms with E-state index in [0.29, 0.717) is 40.1 Å². The number of benzene rings is 3. The van der Waals surface area contributed by atoms with Crippen molar-refractivity contribution >= 4 is 22.9 Å². The summed E-state index contributed by atoms with van der Waals surface area (Å²) in [5, 5.41) is 11.8. The highest BCUT2D eigenvalue weighted by atomic mass is 19.3. The molecule has 1 unspecified atom stereocenters. The van der Waals surface area contributed by atoms with Crippen LogP contribution in [0.2, 0.25) is 0 Å². The molecule has 6 nitrogen and oxygen atoms in total. The summed E-state index contributed by atoms with van der Waals surface area (Å²) in [6.45, 7) is 0.506. The van der Waals surface area contributed by atoms with Gasteiger partial charge in [-0.1, -0.05) is 24.3 Å². The minimum atomic E-state index is -3.86. The van der Waals surface area contributed by atoms with E-state index in [0.717, 1.165) is 19.3 Å². The zero-order chi connectivity index (χ0) is 28.3. The van der Waals surface area contributed by atoms with Crippen LogP contribution in [0.15, 0.2) is 66.7 Å². The van der Waals surface area contributed by atoms with Crippen molar-refractivity contribution in [3.8, 4) is 11.3 Å². The first-order valence-electron chi connectivity index (χ1n) is 13.2. The molecule has 0 aliphatic heterocycles. The summed E-state index contributed by atoms with van der Waals surface area (Å²) in [6, 6.07) is 18.8. The molecular formula is C31H28F3N3O3. The van der Waals surface area contributed by atoms with Gasteiger partial charge in [-0.15, -0.1) is 0 Å². The summed E-state index contributed by atoms with van der Waals surface area (Å²) >= 11 is 0. The van der Waals surface area contributed by atoms with Crippen LogP contribution >= 0.6 is 0 Å². The third-order valence-electron chi connectivity index (χ3n) is 7.34. The minimum absolute atomic E-state index is 0.0238. The number of aliphatic carboxylic acids is 1. The molecule has 0 saturated heterocycles. The van der Waals surface area contributed by atoms with E-state index in [-0.39, 0.29) is 24.7 Å². The van der Waals surface area contributed by atoms with Crippen molar-refractivity contribution in [1.82, 2.24) is 15.3 Å². The second kappa shape index (κ2) is 11.5. The van der Waals surface area contributed by atoms with Gasteiger partial charge in [0.2, 0.25) is 0 Å². The zero-order valence-corrected chi connectivity index (χ0v) is 21.7. The molecule has 3 aromatic carbocycles. The maximum Gasteiger partial charge on any atom is 0.374 e. The third-order valence-corrected chi connectivity index (χ3v) is 7.34. The molecule has 4 aromatic rings. The fraction of sp³-hybridized carbons (Fsp3) is 0.290. The molecule has 1 amide bonds. The van der Waals surface area contributed by atoms with Crippen LogP contribution in [0.1, 0.15) is 58.8 Å². The summed E-state index contributed by atoms with van der Waals surface area (Å²) in [4.78, 5) is 33.2. The largest absolute Gasteiger partial charge is 0.477 e. The molecule has 0 spiro atoms. The number of rotatable bonds is 9. The average molecular weight is 548 g/mol. The van der Waals surface area contributed by atoms with E-state index in [1.54, 1.807) is 18.2 Å². The van der Waals surface area contributed by atoms with Crippen molar-refractivity contribution in [1.29, 1.82) is 0 Å². The van der Waals surface area contributed by atoms with E-state index in [9.17, 15) is 22.8 Å². The monoisotopic (exact) mass is 547 g/mol. The first-order valence-corrected chi connectivity index (χ1v) is 13.2. The van der Waals surface area contributed by atoms with Crippen molar-refractivity contribution in [2.24, 2.45) is 0 Å². The topological polar surface area (TPSA) is 92.2 Å². The Bertz CT molecular complexity index is 1560. The predicted molar refractivity (Wildman–Crippen MR) is 145 cm³/mol. The average Bonchev–Trinajstić information content (AvgIpc) is 2.95. The Morgan fingerprint density at radius 3 is 2.55 bits per heavy atom. The maximum atomic E-state index is 13.7. The molecule has 40 heavy (non-hydrogen) atoms. The number of alkyl halides is 2. The van der Waals surface area contributed by atoms with Crippen LogP contribution in [0.3, 0.4) is 0 Å². The molecule has 5 rings (SSSR count). The molecule has 1 heterocycles. The Morgan fingerprint density at radius 1 is 1.00 bits per heavy atom. The number of nitrogens with one attached hydrogen (secondary N) is 1. The summed E-state index contributed by atoms with van der Waals surface area (Å²) in [7, 11) is 0. The van der Waals surface area contributed by atoms with E-state index in [1.165, 1.54) is 35.4 Å². The number of nitrogens with zero attached hydrogens (tertiary/aromatic N) is 2.